The minimum atomic E-state index is -0.504. The summed E-state index contributed by atoms with van der Waals surface area (Å²) in [6, 6.07) is -0.0599. The lowest BCUT2D eigenvalue weighted by Gasteiger charge is -2.26. The number of nitrogens with one attached hydrogen (secondary N) is 3. The molecule has 0 rings (SSSR count). The number of ether oxygens (including phenoxy) is 2. The van der Waals surface area contributed by atoms with Crippen LogP contribution in [-0.2, 0) is 9.47 Å². The molecule has 23 heavy (non-hydrogen) atoms. The number of guanidine groups is 1. The zero-order valence-electron chi connectivity index (χ0n) is 15.7. The Kier molecular flexibility index (Phi) is 10.4. The Bertz CT molecular complexity index is 365. The largest absolute Gasteiger partial charge is 0.444 e. The van der Waals surface area contributed by atoms with Crippen molar-refractivity contribution in [1.82, 2.24) is 16.0 Å². The Morgan fingerprint density at radius 2 is 1.87 bits per heavy atom. The van der Waals surface area contributed by atoms with Crippen molar-refractivity contribution in [2.45, 2.75) is 53.2 Å². The number of carbonyl (C=O) groups is 1. The van der Waals surface area contributed by atoms with E-state index in [1.54, 1.807) is 7.05 Å². The molecule has 0 saturated heterocycles. The van der Waals surface area contributed by atoms with Crippen molar-refractivity contribution < 1.29 is 14.3 Å². The summed E-state index contributed by atoms with van der Waals surface area (Å²) in [4.78, 5) is 16.1. The first-order valence-corrected chi connectivity index (χ1v) is 8.21. The van der Waals surface area contributed by atoms with Crippen LogP contribution in [0.2, 0.25) is 0 Å². The minimum Gasteiger partial charge on any atom is -0.444 e. The molecule has 0 aliphatic heterocycles. The van der Waals surface area contributed by atoms with Crippen molar-refractivity contribution in [3.63, 3.8) is 0 Å². The maximum absolute atomic E-state index is 11.9. The number of rotatable bonds is 8. The average molecular weight is 330 g/mol. The van der Waals surface area contributed by atoms with Crippen LogP contribution in [0.3, 0.4) is 0 Å². The fourth-order valence-electron chi connectivity index (χ4n) is 1.73. The van der Waals surface area contributed by atoms with Gasteiger partial charge < -0.3 is 25.4 Å². The van der Waals surface area contributed by atoms with Gasteiger partial charge in [0, 0.05) is 26.7 Å². The number of alkyl carbamates (subject to hydrolysis) is 1. The van der Waals surface area contributed by atoms with Crippen molar-refractivity contribution in [3.8, 4) is 0 Å². The molecule has 136 valence electrons. The number of carbonyl (C=O) groups excluding carboxylic acids is 1. The molecule has 3 N–H and O–H groups in total. The SMILES string of the molecule is CCOCCNC(=NC)NCC(NC(=O)OC(C)(C)C)C(C)C. The Morgan fingerprint density at radius 3 is 2.35 bits per heavy atom. The summed E-state index contributed by atoms with van der Waals surface area (Å²) in [5.74, 6) is 0.942. The summed E-state index contributed by atoms with van der Waals surface area (Å²) < 4.78 is 10.6. The molecule has 0 aromatic rings. The fraction of sp³-hybridized carbons (Fsp3) is 0.875. The number of hydrogen-bond donors (Lipinski definition) is 3. The van der Waals surface area contributed by atoms with E-state index in [0.29, 0.717) is 32.3 Å². The molecule has 1 amide bonds. The van der Waals surface area contributed by atoms with Gasteiger partial charge in [-0.25, -0.2) is 4.79 Å². The number of amides is 1. The highest BCUT2D eigenvalue weighted by molar-refractivity contribution is 5.79. The summed E-state index contributed by atoms with van der Waals surface area (Å²) in [5, 5.41) is 9.27. The molecule has 1 atom stereocenters. The molecule has 0 aliphatic carbocycles. The van der Waals surface area contributed by atoms with Gasteiger partial charge in [-0.05, 0) is 33.6 Å². The predicted octanol–water partition coefficient (Wildman–Crippen LogP) is 1.74. The topological polar surface area (TPSA) is 84.0 Å². The van der Waals surface area contributed by atoms with Crippen LogP contribution in [0.4, 0.5) is 4.79 Å². The van der Waals surface area contributed by atoms with Gasteiger partial charge in [-0.3, -0.25) is 4.99 Å². The highest BCUT2D eigenvalue weighted by Gasteiger charge is 2.21. The minimum absolute atomic E-state index is 0.0599. The van der Waals surface area contributed by atoms with E-state index in [-0.39, 0.29) is 12.0 Å². The zero-order valence-corrected chi connectivity index (χ0v) is 15.7. The summed E-state index contributed by atoms with van der Waals surface area (Å²) >= 11 is 0. The molecule has 0 bridgehead atoms. The third-order valence-corrected chi connectivity index (χ3v) is 2.96. The molecule has 0 aromatic carbocycles. The predicted molar refractivity (Wildman–Crippen MR) is 93.9 cm³/mol. The van der Waals surface area contributed by atoms with Crippen LogP contribution in [0.15, 0.2) is 4.99 Å². The van der Waals surface area contributed by atoms with E-state index in [4.69, 9.17) is 9.47 Å². The quantitative estimate of drug-likeness (QED) is 0.359. The molecule has 7 nitrogen and oxygen atoms in total. The summed E-state index contributed by atoms with van der Waals surface area (Å²) in [6.45, 7) is 14.2. The normalized spacial score (nSPS) is 13.7. The second-order valence-electron chi connectivity index (χ2n) is 6.57. The Labute approximate surface area is 140 Å². The second kappa shape index (κ2) is 11.1. The third-order valence-electron chi connectivity index (χ3n) is 2.96. The molecule has 1 unspecified atom stereocenters. The standard InChI is InChI=1S/C16H34N4O3/c1-8-22-10-9-18-14(17-7)19-11-13(12(2)3)20-15(21)23-16(4,5)6/h12-13H,8-11H2,1-7H3,(H,20,21)(H2,17,18,19). The number of nitrogens with zero attached hydrogens (tertiary/aromatic N) is 1. The summed E-state index contributed by atoms with van der Waals surface area (Å²) in [6.07, 6.45) is -0.405. The molecule has 0 aliphatic rings. The first kappa shape index (κ1) is 21.5. The van der Waals surface area contributed by atoms with Gasteiger partial charge in [0.2, 0.25) is 0 Å². The molecular formula is C16H34N4O3. The summed E-state index contributed by atoms with van der Waals surface area (Å²) in [5.41, 5.74) is -0.504. The van der Waals surface area contributed by atoms with E-state index >= 15 is 0 Å². The average Bonchev–Trinajstić information content (AvgIpc) is 2.42. The lowest BCUT2D eigenvalue weighted by atomic mass is 10.0. The van der Waals surface area contributed by atoms with E-state index in [9.17, 15) is 4.79 Å². The van der Waals surface area contributed by atoms with Gasteiger partial charge in [0.05, 0.1) is 12.6 Å². The van der Waals surface area contributed by atoms with Crippen LogP contribution >= 0.6 is 0 Å². The molecule has 7 heteroatoms. The van der Waals surface area contributed by atoms with E-state index in [2.05, 4.69) is 34.8 Å². The lowest BCUT2D eigenvalue weighted by Crippen LogP contribution is -2.50. The van der Waals surface area contributed by atoms with Gasteiger partial charge in [-0.15, -0.1) is 0 Å². The number of aliphatic imine (C=N–C) groups is 1. The molecular weight excluding hydrogens is 296 g/mol. The fourth-order valence-corrected chi connectivity index (χ4v) is 1.73. The van der Waals surface area contributed by atoms with Crippen molar-refractivity contribution in [1.29, 1.82) is 0 Å². The second-order valence-corrected chi connectivity index (χ2v) is 6.57. The van der Waals surface area contributed by atoms with Crippen molar-refractivity contribution >= 4 is 12.1 Å². The maximum Gasteiger partial charge on any atom is 0.407 e. The van der Waals surface area contributed by atoms with E-state index in [1.165, 1.54) is 0 Å². The molecule has 0 fully saturated rings. The van der Waals surface area contributed by atoms with Crippen LogP contribution in [0.1, 0.15) is 41.5 Å². The van der Waals surface area contributed by atoms with E-state index in [1.807, 2.05) is 27.7 Å². The van der Waals surface area contributed by atoms with Gasteiger partial charge >= 0.3 is 6.09 Å². The molecule has 0 heterocycles. The maximum atomic E-state index is 11.9. The Morgan fingerprint density at radius 1 is 1.22 bits per heavy atom. The third kappa shape index (κ3) is 11.7. The van der Waals surface area contributed by atoms with E-state index < -0.39 is 11.7 Å². The monoisotopic (exact) mass is 330 g/mol. The molecule has 0 radical (unpaired) electrons. The van der Waals surface area contributed by atoms with Gasteiger partial charge in [0.1, 0.15) is 5.60 Å². The van der Waals surface area contributed by atoms with Gasteiger partial charge in [0.15, 0.2) is 5.96 Å². The molecule has 0 spiro atoms. The highest BCUT2D eigenvalue weighted by Crippen LogP contribution is 2.08. The van der Waals surface area contributed by atoms with E-state index in [0.717, 1.165) is 0 Å². The zero-order chi connectivity index (χ0) is 17.9. The van der Waals surface area contributed by atoms with Crippen LogP contribution in [0.25, 0.3) is 0 Å². The van der Waals surface area contributed by atoms with Gasteiger partial charge in [0.25, 0.3) is 0 Å². The first-order valence-electron chi connectivity index (χ1n) is 8.21. The van der Waals surface area contributed by atoms with Crippen LogP contribution in [-0.4, -0.2) is 57.0 Å². The van der Waals surface area contributed by atoms with Gasteiger partial charge in [-0.1, -0.05) is 13.8 Å². The van der Waals surface area contributed by atoms with Crippen molar-refractivity contribution in [3.05, 3.63) is 0 Å². The first-order chi connectivity index (χ1) is 10.7. The smallest absolute Gasteiger partial charge is 0.407 e. The summed E-state index contributed by atoms with van der Waals surface area (Å²) in [7, 11) is 1.71. The highest BCUT2D eigenvalue weighted by atomic mass is 16.6. The molecule has 0 saturated carbocycles. The van der Waals surface area contributed by atoms with Crippen LogP contribution < -0.4 is 16.0 Å². The van der Waals surface area contributed by atoms with Crippen molar-refractivity contribution in [2.24, 2.45) is 10.9 Å². The van der Waals surface area contributed by atoms with Gasteiger partial charge in [-0.2, -0.15) is 0 Å². The Balaban J connectivity index is 4.33. The Hall–Kier alpha value is -1.50. The number of hydrogen-bond acceptors (Lipinski definition) is 4. The van der Waals surface area contributed by atoms with Crippen molar-refractivity contribution in [2.75, 3.05) is 33.4 Å². The lowest BCUT2D eigenvalue weighted by molar-refractivity contribution is 0.0491. The van der Waals surface area contributed by atoms with Crippen LogP contribution in [0, 0.1) is 5.92 Å². The van der Waals surface area contributed by atoms with Crippen LogP contribution in [0.5, 0.6) is 0 Å². The molecule has 0 aromatic heterocycles.